The van der Waals surface area contributed by atoms with E-state index in [1.54, 1.807) is 12.1 Å². The Morgan fingerprint density at radius 2 is 1.94 bits per heavy atom. The summed E-state index contributed by atoms with van der Waals surface area (Å²) in [6.07, 6.45) is 3.32. The number of carbonyl (C=O) groups excluding carboxylic acids is 1. The molecule has 0 atom stereocenters. The maximum Gasteiger partial charge on any atom is 0.253 e. The van der Waals surface area contributed by atoms with Gasteiger partial charge in [-0.1, -0.05) is 0 Å². The van der Waals surface area contributed by atoms with E-state index in [9.17, 15) is 9.90 Å². The van der Waals surface area contributed by atoms with Crippen LogP contribution in [0.5, 0.6) is 5.75 Å². The summed E-state index contributed by atoms with van der Waals surface area (Å²) in [6, 6.07) is 4.66. The van der Waals surface area contributed by atoms with E-state index in [0.29, 0.717) is 11.3 Å². The average Bonchev–Trinajstić information content (AvgIpc) is 2.33. The molecule has 0 aliphatic carbocycles. The topological polar surface area (TPSA) is 66.6 Å². The number of anilines is 1. The zero-order valence-electron chi connectivity index (χ0n) is 9.15. The van der Waals surface area contributed by atoms with Gasteiger partial charge in [0.2, 0.25) is 0 Å². The first kappa shape index (κ1) is 10.8. The van der Waals surface area contributed by atoms with Gasteiger partial charge in [-0.2, -0.15) is 0 Å². The summed E-state index contributed by atoms with van der Waals surface area (Å²) in [5, 5.41) is 9.45. The molecule has 0 spiro atoms. The summed E-state index contributed by atoms with van der Waals surface area (Å²) in [5.74, 6) is -0.0436. The van der Waals surface area contributed by atoms with Crippen LogP contribution in [-0.4, -0.2) is 29.0 Å². The molecule has 0 bridgehead atoms. The molecule has 1 amide bonds. The van der Waals surface area contributed by atoms with Crippen LogP contribution in [0.2, 0.25) is 0 Å². The number of carbonyl (C=O) groups is 1. The van der Waals surface area contributed by atoms with Crippen molar-refractivity contribution in [2.45, 2.75) is 19.3 Å². The lowest BCUT2D eigenvalue weighted by Crippen LogP contribution is -2.35. The largest absolute Gasteiger partial charge is 0.506 e. The third-order valence-electron chi connectivity index (χ3n) is 2.92. The normalized spacial score (nSPS) is 16.1. The second kappa shape index (κ2) is 4.43. The number of piperidine rings is 1. The molecule has 1 fully saturated rings. The Balaban J connectivity index is 2.16. The van der Waals surface area contributed by atoms with Crippen molar-refractivity contribution >= 4 is 11.6 Å². The molecular formula is C12H16N2O2. The standard InChI is InChI=1S/C12H16N2O2/c13-10-5-4-9(8-11(10)15)12(16)14-6-2-1-3-7-14/h4-5,8,15H,1-3,6-7,13H2. The summed E-state index contributed by atoms with van der Waals surface area (Å²) in [7, 11) is 0. The maximum absolute atomic E-state index is 12.0. The molecule has 4 heteroatoms. The number of likely N-dealkylation sites (tertiary alicyclic amines) is 1. The number of phenols is 1. The van der Waals surface area contributed by atoms with E-state index in [1.165, 1.54) is 12.5 Å². The first-order valence-electron chi connectivity index (χ1n) is 5.56. The molecule has 4 nitrogen and oxygen atoms in total. The first-order chi connectivity index (χ1) is 7.68. The number of nitrogens with two attached hydrogens (primary N) is 1. The van der Waals surface area contributed by atoms with E-state index < -0.39 is 0 Å². The van der Waals surface area contributed by atoms with Crippen LogP contribution in [-0.2, 0) is 0 Å². The first-order valence-corrected chi connectivity index (χ1v) is 5.56. The third-order valence-corrected chi connectivity index (χ3v) is 2.92. The van der Waals surface area contributed by atoms with Gasteiger partial charge >= 0.3 is 0 Å². The lowest BCUT2D eigenvalue weighted by Gasteiger charge is -2.26. The summed E-state index contributed by atoms with van der Waals surface area (Å²) in [6.45, 7) is 1.62. The van der Waals surface area contributed by atoms with Crippen LogP contribution in [0.15, 0.2) is 18.2 Å². The highest BCUT2D eigenvalue weighted by Gasteiger charge is 2.18. The molecule has 1 aliphatic rings. The average molecular weight is 220 g/mol. The van der Waals surface area contributed by atoms with E-state index in [4.69, 9.17) is 5.73 Å². The van der Waals surface area contributed by atoms with E-state index in [2.05, 4.69) is 0 Å². The number of amides is 1. The number of nitrogen functional groups attached to an aromatic ring is 1. The fraction of sp³-hybridized carbons (Fsp3) is 0.417. The SMILES string of the molecule is Nc1ccc(C(=O)N2CCCCC2)cc1O. The van der Waals surface area contributed by atoms with Crippen LogP contribution >= 0.6 is 0 Å². The predicted octanol–water partition coefficient (Wildman–Crippen LogP) is 1.60. The highest BCUT2D eigenvalue weighted by molar-refractivity contribution is 5.95. The Hall–Kier alpha value is -1.71. The monoisotopic (exact) mass is 220 g/mol. The predicted molar refractivity (Wildman–Crippen MR) is 62.3 cm³/mol. The zero-order valence-corrected chi connectivity index (χ0v) is 9.15. The van der Waals surface area contributed by atoms with Crippen molar-refractivity contribution in [2.75, 3.05) is 18.8 Å². The molecule has 86 valence electrons. The van der Waals surface area contributed by atoms with Crippen molar-refractivity contribution in [1.82, 2.24) is 4.90 Å². The van der Waals surface area contributed by atoms with Crippen molar-refractivity contribution in [3.8, 4) is 5.75 Å². The Bertz CT molecular complexity index is 398. The van der Waals surface area contributed by atoms with Crippen molar-refractivity contribution in [1.29, 1.82) is 0 Å². The molecule has 2 rings (SSSR count). The van der Waals surface area contributed by atoms with Gasteiger partial charge in [0.25, 0.3) is 5.91 Å². The molecule has 1 heterocycles. The summed E-state index contributed by atoms with van der Waals surface area (Å²) >= 11 is 0. The Kier molecular flexibility index (Phi) is 2.99. The zero-order chi connectivity index (χ0) is 11.5. The van der Waals surface area contributed by atoms with Crippen LogP contribution < -0.4 is 5.73 Å². The fourth-order valence-electron chi connectivity index (χ4n) is 1.96. The van der Waals surface area contributed by atoms with E-state index >= 15 is 0 Å². The van der Waals surface area contributed by atoms with Gasteiger partial charge in [0, 0.05) is 18.7 Å². The van der Waals surface area contributed by atoms with Crippen molar-refractivity contribution in [2.24, 2.45) is 0 Å². The summed E-state index contributed by atoms with van der Waals surface area (Å²) in [4.78, 5) is 13.9. The number of hydrogen-bond acceptors (Lipinski definition) is 3. The molecule has 0 unspecified atom stereocenters. The van der Waals surface area contributed by atoms with Gasteiger partial charge in [0.1, 0.15) is 5.75 Å². The quantitative estimate of drug-likeness (QED) is 0.558. The van der Waals surface area contributed by atoms with E-state index in [1.807, 2.05) is 4.90 Å². The third kappa shape index (κ3) is 2.10. The molecule has 0 radical (unpaired) electrons. The molecule has 16 heavy (non-hydrogen) atoms. The van der Waals surface area contributed by atoms with Gasteiger partial charge in [-0.05, 0) is 37.5 Å². The minimum absolute atomic E-state index is 0.0185. The van der Waals surface area contributed by atoms with Gasteiger partial charge < -0.3 is 15.7 Å². The summed E-state index contributed by atoms with van der Waals surface area (Å²) in [5.41, 5.74) is 6.30. The number of hydrogen-bond donors (Lipinski definition) is 2. The molecule has 0 aromatic heterocycles. The number of aromatic hydroxyl groups is 1. The van der Waals surface area contributed by atoms with Crippen molar-refractivity contribution in [3.63, 3.8) is 0 Å². The fourth-order valence-corrected chi connectivity index (χ4v) is 1.96. The highest BCUT2D eigenvalue weighted by atomic mass is 16.3. The van der Waals surface area contributed by atoms with Crippen LogP contribution in [0.3, 0.4) is 0 Å². The summed E-state index contributed by atoms with van der Waals surface area (Å²) < 4.78 is 0. The molecule has 1 aromatic carbocycles. The second-order valence-electron chi connectivity index (χ2n) is 4.13. The second-order valence-corrected chi connectivity index (χ2v) is 4.13. The van der Waals surface area contributed by atoms with Gasteiger partial charge in [-0.25, -0.2) is 0 Å². The van der Waals surface area contributed by atoms with Gasteiger partial charge in [-0.3, -0.25) is 4.79 Å². The number of nitrogens with zero attached hydrogens (tertiary/aromatic N) is 1. The van der Waals surface area contributed by atoms with Crippen LogP contribution in [0.1, 0.15) is 29.6 Å². The lowest BCUT2D eigenvalue weighted by molar-refractivity contribution is 0.0724. The Morgan fingerprint density at radius 3 is 2.56 bits per heavy atom. The molecule has 0 saturated carbocycles. The minimum atomic E-state index is -0.0251. The minimum Gasteiger partial charge on any atom is -0.506 e. The van der Waals surface area contributed by atoms with Gasteiger partial charge in [0.15, 0.2) is 0 Å². The van der Waals surface area contributed by atoms with Crippen molar-refractivity contribution < 1.29 is 9.90 Å². The van der Waals surface area contributed by atoms with Gasteiger partial charge in [0.05, 0.1) is 5.69 Å². The molecule has 3 N–H and O–H groups in total. The number of phenolic OH excluding ortho intramolecular Hbond substituents is 1. The Morgan fingerprint density at radius 1 is 1.25 bits per heavy atom. The lowest BCUT2D eigenvalue weighted by atomic mass is 10.1. The van der Waals surface area contributed by atoms with Gasteiger partial charge in [-0.15, -0.1) is 0 Å². The van der Waals surface area contributed by atoms with Crippen LogP contribution in [0, 0.1) is 0 Å². The van der Waals surface area contributed by atoms with Crippen LogP contribution in [0.25, 0.3) is 0 Å². The smallest absolute Gasteiger partial charge is 0.253 e. The van der Waals surface area contributed by atoms with E-state index in [0.717, 1.165) is 25.9 Å². The van der Waals surface area contributed by atoms with Crippen LogP contribution in [0.4, 0.5) is 5.69 Å². The molecule has 1 aliphatic heterocycles. The highest BCUT2D eigenvalue weighted by Crippen LogP contribution is 2.22. The van der Waals surface area contributed by atoms with E-state index in [-0.39, 0.29) is 11.7 Å². The number of benzene rings is 1. The molecule has 1 saturated heterocycles. The Labute approximate surface area is 94.7 Å². The molecular weight excluding hydrogens is 204 g/mol. The number of rotatable bonds is 1. The van der Waals surface area contributed by atoms with Crippen molar-refractivity contribution in [3.05, 3.63) is 23.8 Å². The molecule has 1 aromatic rings. The maximum atomic E-state index is 12.0.